The van der Waals surface area contributed by atoms with Gasteiger partial charge >= 0.3 is 0 Å². The molecule has 2 aromatic carbocycles. The average Bonchev–Trinajstić information content (AvgIpc) is 3.63. The summed E-state index contributed by atoms with van der Waals surface area (Å²) in [7, 11) is 1.67. The van der Waals surface area contributed by atoms with E-state index >= 15 is 0 Å². The number of benzene rings is 2. The number of hydrogen-bond acceptors (Lipinski definition) is 5. The second-order valence-corrected chi connectivity index (χ2v) is 8.61. The number of carbonyl (C=O) groups is 1. The zero-order valence-electron chi connectivity index (χ0n) is 18.9. The molecule has 1 N–H and O–H groups in total. The van der Waals surface area contributed by atoms with Crippen LogP contribution >= 0.6 is 0 Å². The lowest BCUT2D eigenvalue weighted by Crippen LogP contribution is -2.43. The summed E-state index contributed by atoms with van der Waals surface area (Å²) >= 11 is 0. The van der Waals surface area contributed by atoms with E-state index < -0.39 is 0 Å². The van der Waals surface area contributed by atoms with Crippen molar-refractivity contribution < 1.29 is 14.3 Å². The molecule has 2 fully saturated rings. The largest absolute Gasteiger partial charge is 0.497 e. The molecular weight excluding hydrogens is 416 g/mol. The normalized spacial score (nSPS) is 17.5. The summed E-state index contributed by atoms with van der Waals surface area (Å²) in [4.78, 5) is 15.7. The summed E-state index contributed by atoms with van der Waals surface area (Å²) in [6.45, 7) is 3.61. The Labute approximate surface area is 194 Å². The van der Waals surface area contributed by atoms with Crippen LogP contribution in [0.2, 0.25) is 0 Å². The molecule has 2 aliphatic rings. The van der Waals surface area contributed by atoms with Gasteiger partial charge in [0.2, 0.25) is 0 Å². The summed E-state index contributed by atoms with van der Waals surface area (Å²) in [6, 6.07) is 18.2. The molecule has 2 heterocycles. The number of ether oxygens (including phenoxy) is 2. The predicted molar refractivity (Wildman–Crippen MR) is 126 cm³/mol. The molecule has 1 aromatic heterocycles. The first kappa shape index (κ1) is 21.7. The number of methoxy groups -OCH3 is 1. The molecule has 3 aromatic rings. The van der Waals surface area contributed by atoms with Gasteiger partial charge in [0.15, 0.2) is 0 Å². The van der Waals surface area contributed by atoms with E-state index in [1.807, 2.05) is 47.1 Å². The van der Waals surface area contributed by atoms with Crippen LogP contribution in [0.15, 0.2) is 60.8 Å². The minimum atomic E-state index is -0.0640. The quantitative estimate of drug-likeness (QED) is 0.573. The fraction of sp³-hybridized carbons (Fsp3) is 0.385. The molecule has 33 heavy (non-hydrogen) atoms. The molecule has 1 aliphatic heterocycles. The first-order valence-electron chi connectivity index (χ1n) is 11.6. The van der Waals surface area contributed by atoms with Gasteiger partial charge in [0, 0.05) is 25.6 Å². The van der Waals surface area contributed by atoms with Crippen molar-refractivity contribution in [2.24, 2.45) is 0 Å². The third-order valence-electron chi connectivity index (χ3n) is 6.46. The second-order valence-electron chi connectivity index (χ2n) is 8.61. The molecule has 1 amide bonds. The number of para-hydroxylation sites is 1. The number of hydrogen-bond donors (Lipinski definition) is 1. The number of nitrogens with one attached hydrogen (secondary N) is 1. The monoisotopic (exact) mass is 446 g/mol. The Morgan fingerprint density at radius 1 is 1.12 bits per heavy atom. The maximum absolute atomic E-state index is 13.3. The summed E-state index contributed by atoms with van der Waals surface area (Å²) < 4.78 is 12.8. The molecular formula is C26H30N4O3. The summed E-state index contributed by atoms with van der Waals surface area (Å²) in [6.07, 6.45) is 3.91. The van der Waals surface area contributed by atoms with Crippen molar-refractivity contribution >= 4 is 5.91 Å². The third-order valence-corrected chi connectivity index (χ3v) is 6.46. The summed E-state index contributed by atoms with van der Waals surface area (Å²) in [5, 5.41) is 7.78. The lowest BCUT2D eigenvalue weighted by atomic mass is 10.0. The van der Waals surface area contributed by atoms with Gasteiger partial charge in [-0.3, -0.25) is 9.69 Å². The molecule has 1 saturated heterocycles. The van der Waals surface area contributed by atoms with Gasteiger partial charge in [0.1, 0.15) is 5.75 Å². The van der Waals surface area contributed by atoms with Crippen molar-refractivity contribution in [3.8, 4) is 11.4 Å². The zero-order chi connectivity index (χ0) is 22.6. The Bertz CT molecular complexity index is 1070. The molecule has 5 rings (SSSR count). The van der Waals surface area contributed by atoms with Gasteiger partial charge in [0.05, 0.1) is 49.5 Å². The molecule has 7 heteroatoms. The van der Waals surface area contributed by atoms with E-state index in [1.54, 1.807) is 13.3 Å². The van der Waals surface area contributed by atoms with Crippen molar-refractivity contribution in [3.63, 3.8) is 0 Å². The zero-order valence-corrected chi connectivity index (χ0v) is 18.9. The van der Waals surface area contributed by atoms with E-state index in [4.69, 9.17) is 9.47 Å². The van der Waals surface area contributed by atoms with Crippen molar-refractivity contribution in [2.45, 2.75) is 24.8 Å². The number of rotatable bonds is 8. The van der Waals surface area contributed by atoms with E-state index in [2.05, 4.69) is 27.4 Å². The number of aromatic nitrogens is 2. The SMILES string of the molecule is COc1ccc([C@H](CNC(=O)c2cnn(-c3ccccc3)c2C2CC2)N2CCOCC2)cc1. The van der Waals surface area contributed by atoms with E-state index in [1.165, 1.54) is 0 Å². The molecule has 0 spiro atoms. The molecule has 1 aliphatic carbocycles. The molecule has 1 saturated carbocycles. The number of nitrogens with zero attached hydrogens (tertiary/aromatic N) is 3. The highest BCUT2D eigenvalue weighted by atomic mass is 16.5. The van der Waals surface area contributed by atoms with Crippen LogP contribution in [0.25, 0.3) is 5.69 Å². The minimum absolute atomic E-state index is 0.0640. The maximum Gasteiger partial charge on any atom is 0.254 e. The Morgan fingerprint density at radius 2 is 1.85 bits per heavy atom. The second kappa shape index (κ2) is 9.77. The number of amides is 1. The van der Waals surface area contributed by atoms with Crippen LogP contribution in [0.1, 0.15) is 46.4 Å². The first-order valence-corrected chi connectivity index (χ1v) is 11.6. The van der Waals surface area contributed by atoms with E-state index in [9.17, 15) is 4.79 Å². The Balaban J connectivity index is 1.36. The molecule has 172 valence electrons. The lowest BCUT2D eigenvalue weighted by molar-refractivity contribution is 0.0162. The van der Waals surface area contributed by atoms with Gasteiger partial charge in [-0.15, -0.1) is 0 Å². The van der Waals surface area contributed by atoms with E-state index in [0.29, 0.717) is 31.2 Å². The molecule has 0 radical (unpaired) electrons. The smallest absolute Gasteiger partial charge is 0.254 e. The summed E-state index contributed by atoms with van der Waals surface area (Å²) in [5.74, 6) is 1.15. The molecule has 0 bridgehead atoms. The average molecular weight is 447 g/mol. The Morgan fingerprint density at radius 3 is 2.52 bits per heavy atom. The predicted octanol–water partition coefficient (Wildman–Crippen LogP) is 3.56. The van der Waals surface area contributed by atoms with Crippen LogP contribution in [-0.2, 0) is 4.74 Å². The van der Waals surface area contributed by atoms with Crippen molar-refractivity contribution in [2.75, 3.05) is 40.0 Å². The van der Waals surface area contributed by atoms with Crippen molar-refractivity contribution in [3.05, 3.63) is 77.6 Å². The van der Waals surface area contributed by atoms with Gasteiger partial charge in [-0.1, -0.05) is 30.3 Å². The van der Waals surface area contributed by atoms with Crippen molar-refractivity contribution in [1.29, 1.82) is 0 Å². The third kappa shape index (κ3) is 4.79. The minimum Gasteiger partial charge on any atom is -0.497 e. The number of carbonyl (C=O) groups excluding carboxylic acids is 1. The highest BCUT2D eigenvalue weighted by Crippen LogP contribution is 2.42. The first-order chi connectivity index (χ1) is 16.2. The van der Waals surface area contributed by atoms with Crippen LogP contribution in [-0.4, -0.2) is 60.5 Å². The molecule has 0 unspecified atom stereocenters. The van der Waals surface area contributed by atoms with Crippen LogP contribution in [0.3, 0.4) is 0 Å². The van der Waals surface area contributed by atoms with Gasteiger partial charge in [0.25, 0.3) is 5.91 Å². The Hall–Kier alpha value is -3.16. The number of morpholine rings is 1. The highest BCUT2D eigenvalue weighted by molar-refractivity contribution is 5.95. The van der Waals surface area contributed by atoms with Gasteiger partial charge in [-0.05, 0) is 42.7 Å². The standard InChI is InChI=1S/C26H30N4O3/c1-32-22-11-9-19(10-12-22)24(29-13-15-33-16-14-29)18-27-26(31)23-17-28-30(25(23)20-7-8-20)21-5-3-2-4-6-21/h2-6,9-12,17,20,24H,7-8,13-16,18H2,1H3,(H,27,31)/t24-/m0/s1. The van der Waals surface area contributed by atoms with Gasteiger partial charge < -0.3 is 14.8 Å². The lowest BCUT2D eigenvalue weighted by Gasteiger charge is -2.35. The van der Waals surface area contributed by atoms with E-state index in [0.717, 1.165) is 48.6 Å². The van der Waals surface area contributed by atoms with Crippen LogP contribution in [0, 0.1) is 0 Å². The van der Waals surface area contributed by atoms with Gasteiger partial charge in [-0.2, -0.15) is 5.10 Å². The topological polar surface area (TPSA) is 68.6 Å². The van der Waals surface area contributed by atoms with Crippen LogP contribution in [0.4, 0.5) is 0 Å². The maximum atomic E-state index is 13.3. The highest BCUT2D eigenvalue weighted by Gasteiger charge is 2.33. The molecule has 1 atom stereocenters. The summed E-state index contributed by atoms with van der Waals surface area (Å²) in [5.41, 5.74) is 3.84. The fourth-order valence-electron chi connectivity index (χ4n) is 4.51. The Kier molecular flexibility index (Phi) is 6.41. The van der Waals surface area contributed by atoms with Crippen molar-refractivity contribution in [1.82, 2.24) is 20.0 Å². The van der Waals surface area contributed by atoms with Crippen LogP contribution in [0.5, 0.6) is 5.75 Å². The van der Waals surface area contributed by atoms with Gasteiger partial charge in [-0.25, -0.2) is 4.68 Å². The fourth-order valence-corrected chi connectivity index (χ4v) is 4.51. The van der Waals surface area contributed by atoms with Crippen LogP contribution < -0.4 is 10.1 Å². The van der Waals surface area contributed by atoms with E-state index in [-0.39, 0.29) is 11.9 Å². The molecule has 7 nitrogen and oxygen atoms in total.